The van der Waals surface area contributed by atoms with Gasteiger partial charge in [0.2, 0.25) is 0 Å². The summed E-state index contributed by atoms with van der Waals surface area (Å²) in [7, 11) is 0. The number of aromatic nitrogens is 1. The molecule has 2 aromatic carbocycles. The lowest BCUT2D eigenvalue weighted by Gasteiger charge is -2.14. The summed E-state index contributed by atoms with van der Waals surface area (Å²) in [6, 6.07) is 19.1. The minimum absolute atomic E-state index is 0.118. The third-order valence-electron chi connectivity index (χ3n) is 4.02. The number of ether oxygens (including phenoxy) is 2. The lowest BCUT2D eigenvalue weighted by molar-refractivity contribution is -0.114. The molecule has 0 amide bonds. The summed E-state index contributed by atoms with van der Waals surface area (Å²) in [6.07, 6.45) is 2.41. The minimum Gasteiger partial charge on any atom is -0.491 e. The van der Waals surface area contributed by atoms with Gasteiger partial charge in [0.1, 0.15) is 18.1 Å². The van der Waals surface area contributed by atoms with Gasteiger partial charge in [-0.25, -0.2) is 0 Å². The van der Waals surface area contributed by atoms with Crippen molar-refractivity contribution in [1.29, 1.82) is 0 Å². The van der Waals surface area contributed by atoms with E-state index in [4.69, 9.17) is 26.4 Å². The molecule has 0 saturated carbocycles. The number of rotatable bonds is 8. The zero-order valence-corrected chi connectivity index (χ0v) is 15.0. The molecule has 0 aliphatic rings. The van der Waals surface area contributed by atoms with Crippen LogP contribution in [-0.2, 0) is 13.0 Å². The Morgan fingerprint density at radius 2 is 1.78 bits per heavy atom. The monoisotopic (exact) mass is 363 g/mol. The van der Waals surface area contributed by atoms with Crippen molar-refractivity contribution in [3.63, 3.8) is 0 Å². The number of hydrogen-bond donors (Lipinski definition) is 3. The zero-order chi connectivity index (χ0) is 19.1. The summed E-state index contributed by atoms with van der Waals surface area (Å²) in [5.74, 6) is 1.19. The Kier molecular flexibility index (Phi) is 5.89. The molecule has 0 radical (unpaired) electrons. The number of amidine groups is 1. The van der Waals surface area contributed by atoms with Gasteiger partial charge in [0.05, 0.1) is 17.9 Å². The van der Waals surface area contributed by atoms with Gasteiger partial charge in [-0.3, -0.25) is 16.1 Å². The van der Waals surface area contributed by atoms with Crippen LogP contribution >= 0.6 is 0 Å². The first-order valence-electron chi connectivity index (χ1n) is 8.64. The summed E-state index contributed by atoms with van der Waals surface area (Å²) in [5.41, 5.74) is 14.8. The number of anilines is 1. The van der Waals surface area contributed by atoms with Crippen molar-refractivity contribution in [3.8, 4) is 11.5 Å². The number of pyridine rings is 1. The fraction of sp³-hybridized carbons (Fsp3) is 0.143. The van der Waals surface area contributed by atoms with Gasteiger partial charge in [-0.1, -0.05) is 36.4 Å². The standard InChI is InChI=1S/C21H22N4O2/c22-20-18(21(23)24)12-17(27-14-15-6-2-1-3-7-15)13-19(20)26-11-9-16-8-4-5-10-25-16/h1-8,10,12-13H,9,11,14,22H2,(H3,23,24)/p+1. The van der Waals surface area contributed by atoms with Crippen LogP contribution in [-0.4, -0.2) is 17.4 Å². The van der Waals surface area contributed by atoms with E-state index in [9.17, 15) is 0 Å². The molecule has 0 fully saturated rings. The predicted octanol–water partition coefficient (Wildman–Crippen LogP) is 1.33. The molecule has 0 aliphatic carbocycles. The first kappa shape index (κ1) is 18.3. The Labute approximate surface area is 158 Å². The molecule has 0 atom stereocenters. The Balaban J connectivity index is 1.73. The van der Waals surface area contributed by atoms with E-state index in [0.717, 1.165) is 11.3 Å². The molecule has 1 aromatic heterocycles. The molecule has 3 rings (SSSR count). The molecule has 138 valence electrons. The summed E-state index contributed by atoms with van der Waals surface area (Å²) in [4.78, 5) is 4.28. The van der Waals surface area contributed by atoms with E-state index >= 15 is 0 Å². The average molecular weight is 363 g/mol. The maximum atomic E-state index is 6.16. The smallest absolute Gasteiger partial charge is 0.273 e. The number of nitrogen functional groups attached to an aromatic ring is 1. The molecule has 6 heteroatoms. The highest BCUT2D eigenvalue weighted by Gasteiger charge is 2.15. The summed E-state index contributed by atoms with van der Waals surface area (Å²) >= 11 is 0. The van der Waals surface area contributed by atoms with Gasteiger partial charge < -0.3 is 15.2 Å². The zero-order valence-electron chi connectivity index (χ0n) is 15.0. The van der Waals surface area contributed by atoms with Gasteiger partial charge >= 0.3 is 0 Å². The lowest BCUT2D eigenvalue weighted by Crippen LogP contribution is -2.46. The van der Waals surface area contributed by atoms with Crippen LogP contribution in [0, 0.1) is 0 Å². The van der Waals surface area contributed by atoms with E-state index in [1.54, 1.807) is 18.3 Å². The fourth-order valence-corrected chi connectivity index (χ4v) is 2.60. The lowest BCUT2D eigenvalue weighted by atomic mass is 10.1. The van der Waals surface area contributed by atoms with Crippen molar-refractivity contribution in [1.82, 2.24) is 4.98 Å². The van der Waals surface area contributed by atoms with Crippen LogP contribution in [0.2, 0.25) is 0 Å². The number of nitrogens with zero attached hydrogens (tertiary/aromatic N) is 1. The molecule has 0 spiro atoms. The van der Waals surface area contributed by atoms with Gasteiger partial charge in [-0.2, -0.15) is 0 Å². The van der Waals surface area contributed by atoms with Crippen molar-refractivity contribution >= 4 is 11.5 Å². The maximum absolute atomic E-state index is 6.16. The largest absolute Gasteiger partial charge is 0.491 e. The third-order valence-corrected chi connectivity index (χ3v) is 4.02. The molecular formula is C21H23N4O2+. The van der Waals surface area contributed by atoms with E-state index < -0.39 is 0 Å². The summed E-state index contributed by atoms with van der Waals surface area (Å²) < 4.78 is 11.7. The van der Waals surface area contributed by atoms with E-state index in [2.05, 4.69) is 4.98 Å². The van der Waals surface area contributed by atoms with Gasteiger partial charge in [-0.15, -0.1) is 0 Å². The topological polar surface area (TPSA) is 109 Å². The van der Waals surface area contributed by atoms with Crippen LogP contribution in [0.15, 0.2) is 66.9 Å². The second-order valence-corrected chi connectivity index (χ2v) is 6.03. The molecule has 6 nitrogen and oxygen atoms in total. The SMILES string of the molecule is NC(=[NH2+])c1cc(OCc2ccccc2)cc(OCCc2ccccn2)c1N. The highest BCUT2D eigenvalue weighted by Crippen LogP contribution is 2.31. The number of hydrogen-bond acceptors (Lipinski definition) is 4. The molecule has 1 heterocycles. The quantitative estimate of drug-likeness (QED) is 0.318. The summed E-state index contributed by atoms with van der Waals surface area (Å²) in [6.45, 7) is 0.843. The Morgan fingerprint density at radius 1 is 1.00 bits per heavy atom. The average Bonchev–Trinajstić information content (AvgIpc) is 2.69. The molecule has 0 aliphatic heterocycles. The summed E-state index contributed by atoms with van der Waals surface area (Å²) in [5, 5.41) is 5.77. The number of nitrogens with two attached hydrogens (primary N) is 3. The van der Waals surface area contributed by atoms with Gasteiger partial charge in [0, 0.05) is 24.4 Å². The van der Waals surface area contributed by atoms with Crippen LogP contribution < -0.4 is 26.4 Å². The number of benzene rings is 2. The normalized spacial score (nSPS) is 10.4. The second kappa shape index (κ2) is 8.71. The minimum atomic E-state index is 0.118. The molecule has 0 bridgehead atoms. The van der Waals surface area contributed by atoms with Crippen LogP contribution in [0.4, 0.5) is 5.69 Å². The van der Waals surface area contributed by atoms with Crippen molar-refractivity contribution in [2.75, 3.05) is 12.3 Å². The van der Waals surface area contributed by atoms with Crippen molar-refractivity contribution < 1.29 is 14.9 Å². The molecule has 0 saturated heterocycles. The Bertz CT molecular complexity index is 899. The molecule has 0 unspecified atom stereocenters. The van der Waals surface area contributed by atoms with E-state index in [1.165, 1.54) is 0 Å². The molecule has 6 N–H and O–H groups in total. The van der Waals surface area contributed by atoms with Crippen molar-refractivity contribution in [2.24, 2.45) is 5.73 Å². The van der Waals surface area contributed by atoms with E-state index in [1.807, 2.05) is 48.5 Å². The second-order valence-electron chi connectivity index (χ2n) is 6.03. The predicted molar refractivity (Wildman–Crippen MR) is 105 cm³/mol. The first-order valence-corrected chi connectivity index (χ1v) is 8.64. The Morgan fingerprint density at radius 3 is 2.48 bits per heavy atom. The van der Waals surface area contributed by atoms with E-state index in [-0.39, 0.29) is 5.84 Å². The van der Waals surface area contributed by atoms with Gasteiger partial charge in [-0.05, 0) is 23.8 Å². The molecule has 3 aromatic rings. The van der Waals surface area contributed by atoms with Gasteiger partial charge in [0.25, 0.3) is 5.84 Å². The highest BCUT2D eigenvalue weighted by atomic mass is 16.5. The van der Waals surface area contributed by atoms with Crippen molar-refractivity contribution in [2.45, 2.75) is 13.0 Å². The molecule has 27 heavy (non-hydrogen) atoms. The van der Waals surface area contributed by atoms with Crippen LogP contribution in [0.5, 0.6) is 11.5 Å². The van der Waals surface area contributed by atoms with Gasteiger partial charge in [0.15, 0.2) is 0 Å². The Hall–Kier alpha value is -3.54. The van der Waals surface area contributed by atoms with Crippen LogP contribution in [0.25, 0.3) is 0 Å². The van der Waals surface area contributed by atoms with Crippen LogP contribution in [0.3, 0.4) is 0 Å². The molecular weight excluding hydrogens is 340 g/mol. The first-order chi connectivity index (χ1) is 13.1. The maximum Gasteiger partial charge on any atom is 0.273 e. The van der Waals surface area contributed by atoms with E-state index in [0.29, 0.717) is 42.4 Å². The van der Waals surface area contributed by atoms with Crippen LogP contribution in [0.1, 0.15) is 16.8 Å². The fourth-order valence-electron chi connectivity index (χ4n) is 2.60. The van der Waals surface area contributed by atoms with Crippen molar-refractivity contribution in [3.05, 3.63) is 83.7 Å². The highest BCUT2D eigenvalue weighted by molar-refractivity contribution is 5.99. The third kappa shape index (κ3) is 4.98.